The number of benzene rings is 1. The largest absolute Gasteiger partial charge is 0.465 e. The first-order valence-electron chi connectivity index (χ1n) is 12.6. The lowest BCUT2D eigenvalue weighted by molar-refractivity contribution is -0.134. The normalized spacial score (nSPS) is 16.1. The number of nitrogens with one attached hydrogen (secondary N) is 2. The van der Waals surface area contributed by atoms with Crippen molar-refractivity contribution in [3.63, 3.8) is 0 Å². The van der Waals surface area contributed by atoms with E-state index in [1.165, 1.54) is 11.8 Å². The number of carbonyl (C=O) groups excluding carboxylic acids is 1. The summed E-state index contributed by atoms with van der Waals surface area (Å²) < 4.78 is 5.54. The second kappa shape index (κ2) is 10.0. The fourth-order valence-corrected chi connectivity index (χ4v) is 4.76. The predicted molar refractivity (Wildman–Crippen MR) is 142 cm³/mol. The number of hydrogen-bond donors (Lipinski definition) is 2. The maximum absolute atomic E-state index is 12.3. The molecule has 0 radical (unpaired) electrons. The van der Waals surface area contributed by atoms with Gasteiger partial charge in [-0.3, -0.25) is 14.7 Å². The highest BCUT2D eigenvalue weighted by atomic mass is 16.5. The number of nitrogens with zero attached hydrogens (tertiary/aromatic N) is 5. The number of aromatic amines is 1. The van der Waals surface area contributed by atoms with E-state index in [0.717, 1.165) is 73.5 Å². The number of pyridine rings is 2. The number of piperazine rings is 1. The molecular weight excluding hydrogens is 466 g/mol. The maximum atomic E-state index is 12.3. The minimum absolute atomic E-state index is 0.296. The van der Waals surface area contributed by atoms with Crippen LogP contribution in [0, 0.1) is 5.92 Å². The molecule has 37 heavy (non-hydrogen) atoms. The monoisotopic (exact) mass is 495 g/mol. The van der Waals surface area contributed by atoms with Gasteiger partial charge in [-0.15, -0.1) is 0 Å². The SMILES string of the molecule is C=COc1ccncc1-c1ccc2nc(Nc3cc(CN4CCN(C(=O)C5CC5)CC4)ccn3)[nH]c2c1. The Kier molecular flexibility index (Phi) is 6.28. The zero-order valence-corrected chi connectivity index (χ0v) is 20.6. The fourth-order valence-electron chi connectivity index (χ4n) is 4.76. The molecule has 0 bridgehead atoms. The molecule has 1 aliphatic heterocycles. The Hall–Kier alpha value is -4.24. The zero-order valence-electron chi connectivity index (χ0n) is 20.6. The van der Waals surface area contributed by atoms with Gasteiger partial charge in [0.25, 0.3) is 0 Å². The van der Waals surface area contributed by atoms with Crippen molar-refractivity contribution in [1.29, 1.82) is 0 Å². The molecule has 4 heterocycles. The number of anilines is 2. The van der Waals surface area contributed by atoms with Crippen molar-refractivity contribution in [2.45, 2.75) is 19.4 Å². The van der Waals surface area contributed by atoms with E-state index in [0.29, 0.717) is 23.5 Å². The molecule has 1 saturated carbocycles. The van der Waals surface area contributed by atoms with Crippen molar-refractivity contribution in [1.82, 2.24) is 29.7 Å². The van der Waals surface area contributed by atoms with E-state index < -0.39 is 0 Å². The van der Waals surface area contributed by atoms with Crippen molar-refractivity contribution >= 4 is 28.7 Å². The second-order valence-corrected chi connectivity index (χ2v) is 9.52. The number of amides is 1. The summed E-state index contributed by atoms with van der Waals surface area (Å²) >= 11 is 0. The first-order valence-corrected chi connectivity index (χ1v) is 12.6. The van der Waals surface area contributed by atoms with Crippen LogP contribution in [0.4, 0.5) is 11.8 Å². The molecule has 2 aliphatic rings. The van der Waals surface area contributed by atoms with Gasteiger partial charge in [0.2, 0.25) is 11.9 Å². The Morgan fingerprint density at radius 2 is 2.00 bits per heavy atom. The molecule has 0 spiro atoms. The number of rotatable bonds is 8. The molecule has 2 fully saturated rings. The molecule has 1 aromatic carbocycles. The van der Waals surface area contributed by atoms with Gasteiger partial charge < -0.3 is 19.9 Å². The van der Waals surface area contributed by atoms with Gasteiger partial charge in [-0.25, -0.2) is 9.97 Å². The second-order valence-electron chi connectivity index (χ2n) is 9.52. The molecular formula is C28H29N7O2. The van der Waals surface area contributed by atoms with Crippen LogP contribution in [-0.4, -0.2) is 61.8 Å². The third-order valence-electron chi connectivity index (χ3n) is 6.87. The van der Waals surface area contributed by atoms with Crippen molar-refractivity contribution in [3.05, 3.63) is 73.4 Å². The first-order chi connectivity index (χ1) is 18.2. The van der Waals surface area contributed by atoms with Gasteiger partial charge in [0.05, 0.1) is 17.3 Å². The van der Waals surface area contributed by atoms with Crippen LogP contribution < -0.4 is 10.1 Å². The molecule has 188 valence electrons. The highest BCUT2D eigenvalue weighted by Gasteiger charge is 2.34. The van der Waals surface area contributed by atoms with Gasteiger partial charge in [0.15, 0.2) is 0 Å². The summed E-state index contributed by atoms with van der Waals surface area (Å²) in [7, 11) is 0. The van der Waals surface area contributed by atoms with E-state index >= 15 is 0 Å². The summed E-state index contributed by atoms with van der Waals surface area (Å²) in [6.07, 6.45) is 8.82. The summed E-state index contributed by atoms with van der Waals surface area (Å²) in [5.74, 6) is 2.69. The molecule has 9 nitrogen and oxygen atoms in total. The predicted octanol–water partition coefficient (Wildman–Crippen LogP) is 4.34. The van der Waals surface area contributed by atoms with Gasteiger partial charge in [-0.05, 0) is 54.3 Å². The summed E-state index contributed by atoms with van der Waals surface area (Å²) in [6, 6.07) is 11.9. The minimum atomic E-state index is 0.296. The Bertz CT molecular complexity index is 1440. The summed E-state index contributed by atoms with van der Waals surface area (Å²) in [6.45, 7) is 7.89. The topological polar surface area (TPSA) is 99.3 Å². The van der Waals surface area contributed by atoms with Crippen LogP contribution in [0.2, 0.25) is 0 Å². The van der Waals surface area contributed by atoms with Crippen molar-refractivity contribution < 1.29 is 9.53 Å². The number of hydrogen-bond acceptors (Lipinski definition) is 7. The Balaban J connectivity index is 1.12. The van der Waals surface area contributed by atoms with E-state index in [9.17, 15) is 4.79 Å². The number of carbonyl (C=O) groups is 1. The molecule has 6 rings (SSSR count). The van der Waals surface area contributed by atoms with Gasteiger partial charge in [-0.1, -0.05) is 12.6 Å². The molecule has 0 unspecified atom stereocenters. The van der Waals surface area contributed by atoms with Crippen LogP contribution >= 0.6 is 0 Å². The zero-order chi connectivity index (χ0) is 25.2. The molecule has 1 saturated heterocycles. The molecule has 1 amide bonds. The van der Waals surface area contributed by atoms with Crippen LogP contribution in [0.3, 0.4) is 0 Å². The lowest BCUT2D eigenvalue weighted by atomic mass is 10.1. The van der Waals surface area contributed by atoms with Crippen LogP contribution in [-0.2, 0) is 11.3 Å². The van der Waals surface area contributed by atoms with Crippen LogP contribution in [0.25, 0.3) is 22.2 Å². The third-order valence-corrected chi connectivity index (χ3v) is 6.87. The number of imidazole rings is 1. The number of H-pyrrole nitrogens is 1. The maximum Gasteiger partial charge on any atom is 0.225 e. The molecule has 9 heteroatoms. The smallest absolute Gasteiger partial charge is 0.225 e. The van der Waals surface area contributed by atoms with Crippen LogP contribution in [0.15, 0.2) is 67.8 Å². The summed E-state index contributed by atoms with van der Waals surface area (Å²) in [5.41, 5.74) is 4.75. The lowest BCUT2D eigenvalue weighted by Crippen LogP contribution is -2.48. The van der Waals surface area contributed by atoms with Gasteiger partial charge in [0, 0.05) is 62.8 Å². The summed E-state index contributed by atoms with van der Waals surface area (Å²) in [5, 5.41) is 3.30. The van der Waals surface area contributed by atoms with E-state index in [1.54, 1.807) is 12.4 Å². The van der Waals surface area contributed by atoms with Gasteiger partial charge in [-0.2, -0.15) is 0 Å². The molecule has 4 aromatic rings. The quantitative estimate of drug-likeness (QED) is 0.351. The first kappa shape index (κ1) is 23.2. The number of fused-ring (bicyclic) bond motifs is 1. The van der Waals surface area contributed by atoms with E-state index in [-0.39, 0.29) is 0 Å². The molecule has 0 atom stereocenters. The van der Waals surface area contributed by atoms with Crippen molar-refractivity contribution in [2.24, 2.45) is 5.92 Å². The van der Waals surface area contributed by atoms with E-state index in [4.69, 9.17) is 4.74 Å². The van der Waals surface area contributed by atoms with Gasteiger partial charge in [0.1, 0.15) is 11.6 Å². The average molecular weight is 496 g/mol. The molecule has 2 N–H and O–H groups in total. The number of aromatic nitrogens is 4. The Labute approximate surface area is 215 Å². The standard InChI is InChI=1S/C28H29N7O2/c1-2-37-25-8-9-29-17-22(25)21-5-6-23-24(16-21)32-28(31-23)33-26-15-19(7-10-30-26)18-34-11-13-35(14-12-34)27(36)20-3-4-20/h2,5-10,15-17,20H,1,3-4,11-14,18H2,(H2,30,31,32,33). The third kappa shape index (κ3) is 5.17. The lowest BCUT2D eigenvalue weighted by Gasteiger charge is -2.34. The highest BCUT2D eigenvalue weighted by molar-refractivity contribution is 5.85. The van der Waals surface area contributed by atoms with Crippen molar-refractivity contribution in [3.8, 4) is 16.9 Å². The van der Waals surface area contributed by atoms with Gasteiger partial charge >= 0.3 is 0 Å². The fraction of sp³-hybridized carbons (Fsp3) is 0.286. The van der Waals surface area contributed by atoms with Crippen molar-refractivity contribution in [2.75, 3.05) is 31.5 Å². The summed E-state index contributed by atoms with van der Waals surface area (Å²) in [4.78, 5) is 33.5. The van der Waals surface area contributed by atoms with Crippen LogP contribution in [0.5, 0.6) is 5.75 Å². The Morgan fingerprint density at radius 3 is 2.81 bits per heavy atom. The Morgan fingerprint density at radius 1 is 1.14 bits per heavy atom. The number of ether oxygens (including phenoxy) is 1. The minimum Gasteiger partial charge on any atom is -0.465 e. The van der Waals surface area contributed by atoms with Crippen LogP contribution in [0.1, 0.15) is 18.4 Å². The molecule has 1 aliphatic carbocycles. The molecule has 3 aromatic heterocycles. The highest BCUT2D eigenvalue weighted by Crippen LogP contribution is 2.32. The van der Waals surface area contributed by atoms with E-state index in [2.05, 4.69) is 42.8 Å². The average Bonchev–Trinajstić information content (AvgIpc) is 3.69. The van der Waals surface area contributed by atoms with E-state index in [1.807, 2.05) is 41.4 Å².